The minimum absolute atomic E-state index is 0.00452. The van der Waals surface area contributed by atoms with Crippen LogP contribution in [0.25, 0.3) is 0 Å². The van der Waals surface area contributed by atoms with Crippen molar-refractivity contribution in [2.45, 2.75) is 18.9 Å². The first-order valence-electron chi connectivity index (χ1n) is 7.05. The zero-order chi connectivity index (χ0) is 15.1. The molecule has 0 spiro atoms. The third-order valence-corrected chi connectivity index (χ3v) is 3.19. The van der Waals surface area contributed by atoms with Crippen molar-refractivity contribution in [1.29, 1.82) is 0 Å². The topological polar surface area (TPSA) is 77.0 Å². The third kappa shape index (κ3) is 4.34. The van der Waals surface area contributed by atoms with Crippen LogP contribution in [0.1, 0.15) is 23.2 Å². The fourth-order valence-electron chi connectivity index (χ4n) is 2.13. The van der Waals surface area contributed by atoms with E-state index in [4.69, 9.17) is 19.3 Å². The third-order valence-electron chi connectivity index (χ3n) is 3.19. The molecule has 0 aromatic heterocycles. The molecular weight excluding hydrogens is 274 g/mol. The van der Waals surface area contributed by atoms with Gasteiger partial charge in [-0.05, 0) is 24.6 Å². The lowest BCUT2D eigenvalue weighted by atomic mass is 10.1. The van der Waals surface area contributed by atoms with E-state index < -0.39 is 0 Å². The summed E-state index contributed by atoms with van der Waals surface area (Å²) < 4.78 is 16.1. The highest BCUT2D eigenvalue weighted by molar-refractivity contribution is 5.95. The van der Waals surface area contributed by atoms with Crippen LogP contribution in [0.5, 0.6) is 11.5 Å². The number of hydrogen-bond donors (Lipinski definition) is 2. The molecule has 0 radical (unpaired) electrons. The predicted molar refractivity (Wildman–Crippen MR) is 76.9 cm³/mol. The first-order chi connectivity index (χ1) is 10.2. The Hall–Kier alpha value is -1.79. The number of nitrogens with one attached hydrogen (secondary N) is 1. The molecule has 0 bridgehead atoms. The normalized spacial score (nSPS) is 15.1. The number of aliphatic hydroxyl groups is 1. The van der Waals surface area contributed by atoms with Gasteiger partial charge in [-0.2, -0.15) is 0 Å². The van der Waals surface area contributed by atoms with Gasteiger partial charge in [-0.15, -0.1) is 0 Å². The summed E-state index contributed by atoms with van der Waals surface area (Å²) in [6, 6.07) is 4.90. The number of ether oxygens (including phenoxy) is 3. The van der Waals surface area contributed by atoms with Gasteiger partial charge in [0.1, 0.15) is 0 Å². The van der Waals surface area contributed by atoms with Gasteiger partial charge in [-0.25, -0.2) is 0 Å². The monoisotopic (exact) mass is 295 g/mol. The highest BCUT2D eigenvalue weighted by Crippen LogP contribution is 2.30. The lowest BCUT2D eigenvalue weighted by Crippen LogP contribution is -2.38. The van der Waals surface area contributed by atoms with Crippen LogP contribution in [0.4, 0.5) is 0 Å². The smallest absolute Gasteiger partial charge is 0.251 e. The summed E-state index contributed by atoms with van der Waals surface area (Å²) in [5.74, 6) is 1.03. The molecule has 1 atom stereocenters. The van der Waals surface area contributed by atoms with Gasteiger partial charge >= 0.3 is 0 Å². The summed E-state index contributed by atoms with van der Waals surface area (Å²) in [6.07, 6.45) is 1.27. The van der Waals surface area contributed by atoms with Gasteiger partial charge in [-0.1, -0.05) is 0 Å². The van der Waals surface area contributed by atoms with Gasteiger partial charge in [0.2, 0.25) is 0 Å². The Morgan fingerprint density at radius 2 is 2.14 bits per heavy atom. The maximum Gasteiger partial charge on any atom is 0.251 e. The molecule has 0 fully saturated rings. The zero-order valence-corrected chi connectivity index (χ0v) is 12.1. The summed E-state index contributed by atoms with van der Waals surface area (Å²) >= 11 is 0. The molecule has 1 amide bonds. The van der Waals surface area contributed by atoms with Gasteiger partial charge in [0.15, 0.2) is 11.5 Å². The number of hydrogen-bond acceptors (Lipinski definition) is 5. The summed E-state index contributed by atoms with van der Waals surface area (Å²) in [7, 11) is 1.56. The van der Waals surface area contributed by atoms with Crippen LogP contribution in [0, 0.1) is 0 Å². The molecule has 0 saturated carbocycles. The minimum Gasteiger partial charge on any atom is -0.490 e. The Morgan fingerprint density at radius 1 is 1.38 bits per heavy atom. The maximum atomic E-state index is 12.2. The SMILES string of the molecule is COCC(CCO)NC(=O)c1ccc2c(c1)OCCCO2. The van der Waals surface area contributed by atoms with E-state index in [0.29, 0.717) is 43.3 Å². The maximum absolute atomic E-state index is 12.2. The highest BCUT2D eigenvalue weighted by Gasteiger charge is 2.17. The molecule has 0 saturated heterocycles. The van der Waals surface area contributed by atoms with E-state index in [1.807, 2.05) is 0 Å². The molecule has 2 rings (SSSR count). The van der Waals surface area contributed by atoms with Crippen LogP contribution < -0.4 is 14.8 Å². The van der Waals surface area contributed by atoms with Crippen LogP contribution in [0.3, 0.4) is 0 Å². The minimum atomic E-state index is -0.221. The lowest BCUT2D eigenvalue weighted by molar-refractivity contribution is 0.0878. The van der Waals surface area contributed by atoms with Crippen molar-refractivity contribution in [2.75, 3.05) is 33.5 Å². The van der Waals surface area contributed by atoms with Gasteiger partial charge < -0.3 is 24.6 Å². The van der Waals surface area contributed by atoms with Crippen LogP contribution in [0.15, 0.2) is 18.2 Å². The van der Waals surface area contributed by atoms with Crippen molar-refractivity contribution < 1.29 is 24.1 Å². The van der Waals surface area contributed by atoms with Crippen molar-refractivity contribution in [3.05, 3.63) is 23.8 Å². The zero-order valence-electron chi connectivity index (χ0n) is 12.1. The molecule has 6 heteroatoms. The second kappa shape index (κ2) is 7.85. The molecule has 6 nitrogen and oxygen atoms in total. The number of methoxy groups -OCH3 is 1. The van der Waals surface area contributed by atoms with E-state index in [2.05, 4.69) is 5.32 Å². The summed E-state index contributed by atoms with van der Waals surface area (Å²) in [5.41, 5.74) is 0.498. The van der Waals surface area contributed by atoms with Gasteiger partial charge in [0.25, 0.3) is 5.91 Å². The van der Waals surface area contributed by atoms with Crippen LogP contribution in [-0.4, -0.2) is 50.6 Å². The average molecular weight is 295 g/mol. The average Bonchev–Trinajstić information content (AvgIpc) is 2.72. The first kappa shape index (κ1) is 15.6. The van der Waals surface area contributed by atoms with Gasteiger partial charge in [0, 0.05) is 25.7 Å². The summed E-state index contributed by atoms with van der Waals surface area (Å²) in [5, 5.41) is 11.8. The van der Waals surface area contributed by atoms with Crippen LogP contribution in [0.2, 0.25) is 0 Å². The van der Waals surface area contributed by atoms with Crippen molar-refractivity contribution in [1.82, 2.24) is 5.32 Å². The molecule has 1 unspecified atom stereocenters. The van der Waals surface area contributed by atoms with E-state index in [9.17, 15) is 4.79 Å². The molecular formula is C15H21NO5. The van der Waals surface area contributed by atoms with Gasteiger partial charge in [-0.3, -0.25) is 4.79 Å². The lowest BCUT2D eigenvalue weighted by Gasteiger charge is -2.17. The molecule has 1 heterocycles. The van der Waals surface area contributed by atoms with E-state index >= 15 is 0 Å². The van der Waals surface area contributed by atoms with Crippen LogP contribution in [-0.2, 0) is 4.74 Å². The number of fused-ring (bicyclic) bond motifs is 1. The van der Waals surface area contributed by atoms with E-state index in [1.165, 1.54) is 0 Å². The predicted octanol–water partition coefficient (Wildman–Crippen LogP) is 0.975. The van der Waals surface area contributed by atoms with Crippen molar-refractivity contribution in [3.8, 4) is 11.5 Å². The molecule has 1 aromatic rings. The molecule has 1 aliphatic heterocycles. The fraction of sp³-hybridized carbons (Fsp3) is 0.533. The Morgan fingerprint density at radius 3 is 2.86 bits per heavy atom. The van der Waals surface area contributed by atoms with Gasteiger partial charge in [0.05, 0.1) is 25.9 Å². The van der Waals surface area contributed by atoms with Crippen LogP contribution >= 0.6 is 0 Å². The molecule has 2 N–H and O–H groups in total. The first-order valence-corrected chi connectivity index (χ1v) is 7.05. The summed E-state index contributed by atoms with van der Waals surface area (Å²) in [4.78, 5) is 12.2. The highest BCUT2D eigenvalue weighted by atomic mass is 16.5. The number of aliphatic hydroxyl groups excluding tert-OH is 1. The molecule has 0 aliphatic carbocycles. The second-order valence-electron chi connectivity index (χ2n) is 4.85. The fourth-order valence-corrected chi connectivity index (χ4v) is 2.13. The number of rotatable bonds is 6. The quantitative estimate of drug-likeness (QED) is 0.818. The Kier molecular flexibility index (Phi) is 5.83. The molecule has 21 heavy (non-hydrogen) atoms. The van der Waals surface area contributed by atoms with E-state index in [1.54, 1.807) is 25.3 Å². The number of benzene rings is 1. The van der Waals surface area contributed by atoms with Crippen molar-refractivity contribution in [2.24, 2.45) is 0 Å². The molecule has 1 aliphatic rings. The number of amides is 1. The molecule has 1 aromatic carbocycles. The summed E-state index contributed by atoms with van der Waals surface area (Å²) in [6.45, 7) is 1.55. The number of carbonyl (C=O) groups is 1. The Balaban J connectivity index is 2.06. The second-order valence-corrected chi connectivity index (χ2v) is 4.85. The largest absolute Gasteiger partial charge is 0.490 e. The number of carbonyl (C=O) groups excluding carboxylic acids is 1. The Bertz CT molecular complexity index is 471. The van der Waals surface area contributed by atoms with Crippen molar-refractivity contribution >= 4 is 5.91 Å². The van der Waals surface area contributed by atoms with Crippen molar-refractivity contribution in [3.63, 3.8) is 0 Å². The Labute approximate surface area is 124 Å². The van der Waals surface area contributed by atoms with E-state index in [-0.39, 0.29) is 18.6 Å². The van der Waals surface area contributed by atoms with E-state index in [0.717, 1.165) is 6.42 Å². The molecule has 116 valence electrons. The standard InChI is InChI=1S/C15H21NO5/c1-19-10-12(5-6-17)16-15(18)11-3-4-13-14(9-11)21-8-2-7-20-13/h3-4,9,12,17H,2,5-8,10H2,1H3,(H,16,18).